The van der Waals surface area contributed by atoms with Crippen LogP contribution in [0.15, 0.2) is 17.6 Å². The third kappa shape index (κ3) is 4.09. The summed E-state index contributed by atoms with van der Waals surface area (Å²) >= 11 is 3.04. The molecule has 1 heterocycles. The van der Waals surface area contributed by atoms with Gasteiger partial charge in [-0.1, -0.05) is 11.8 Å². The zero-order valence-corrected chi connectivity index (χ0v) is 11.3. The Morgan fingerprint density at radius 3 is 2.88 bits per heavy atom. The summed E-state index contributed by atoms with van der Waals surface area (Å²) in [6.45, 7) is 5.14. The van der Waals surface area contributed by atoms with Gasteiger partial charge in [0.1, 0.15) is 0 Å². The number of carboxylic acids is 1. The van der Waals surface area contributed by atoms with Crippen molar-refractivity contribution in [1.29, 1.82) is 0 Å². The van der Waals surface area contributed by atoms with Crippen molar-refractivity contribution < 1.29 is 9.90 Å². The van der Waals surface area contributed by atoms with E-state index in [1.54, 1.807) is 18.0 Å². The highest BCUT2D eigenvalue weighted by Gasteiger charge is 2.18. The fourth-order valence-corrected chi connectivity index (χ4v) is 2.10. The fourth-order valence-electron chi connectivity index (χ4n) is 1.16. The minimum atomic E-state index is -0.816. The van der Waals surface area contributed by atoms with Crippen molar-refractivity contribution in [1.82, 2.24) is 9.55 Å². The molecule has 0 aromatic carbocycles. The third-order valence-electron chi connectivity index (χ3n) is 2.11. The summed E-state index contributed by atoms with van der Waals surface area (Å²) in [6.07, 6.45) is 5.67. The second-order valence-electron chi connectivity index (χ2n) is 3.98. The van der Waals surface area contributed by atoms with Crippen LogP contribution in [0.25, 0.3) is 0 Å². The Morgan fingerprint density at radius 1 is 1.62 bits per heavy atom. The molecular weight excluding hydrogens is 244 g/mol. The van der Waals surface area contributed by atoms with Gasteiger partial charge in [-0.05, 0) is 20.1 Å². The fraction of sp³-hybridized carbons (Fsp3) is 0.600. The number of imidazole rings is 1. The molecule has 6 heteroatoms. The smallest absolute Gasteiger partial charge is 0.313 e. The minimum Gasteiger partial charge on any atom is -0.481 e. The Morgan fingerprint density at radius 2 is 2.31 bits per heavy atom. The highest BCUT2D eigenvalue weighted by Crippen LogP contribution is 2.26. The summed E-state index contributed by atoms with van der Waals surface area (Å²) in [4.78, 5) is 14.6. The molecule has 0 bridgehead atoms. The summed E-state index contributed by atoms with van der Waals surface area (Å²) < 4.78 is 2.13. The lowest BCUT2D eigenvalue weighted by Gasteiger charge is -2.23. The van der Waals surface area contributed by atoms with Gasteiger partial charge >= 0.3 is 5.97 Å². The first-order valence-corrected chi connectivity index (χ1v) is 7.06. The predicted molar refractivity (Wildman–Crippen MR) is 68.2 cm³/mol. The molecule has 0 fully saturated rings. The van der Waals surface area contributed by atoms with Crippen molar-refractivity contribution in [3.05, 3.63) is 12.4 Å². The van der Waals surface area contributed by atoms with Crippen LogP contribution < -0.4 is 0 Å². The number of nitrogens with zero attached hydrogens (tertiary/aromatic N) is 2. The van der Waals surface area contributed by atoms with Crippen molar-refractivity contribution in [3.8, 4) is 0 Å². The van der Waals surface area contributed by atoms with E-state index in [-0.39, 0.29) is 10.5 Å². The van der Waals surface area contributed by atoms with Crippen LogP contribution in [0.3, 0.4) is 0 Å². The normalized spacial score (nSPS) is 11.7. The first kappa shape index (κ1) is 13.4. The van der Waals surface area contributed by atoms with Crippen LogP contribution in [-0.4, -0.2) is 37.4 Å². The van der Waals surface area contributed by atoms with Crippen molar-refractivity contribution in [2.75, 3.05) is 12.0 Å². The Kier molecular flexibility index (Phi) is 4.73. The summed E-state index contributed by atoms with van der Waals surface area (Å²) in [5, 5.41) is 9.39. The van der Waals surface area contributed by atoms with Crippen LogP contribution >= 0.6 is 23.5 Å². The van der Waals surface area contributed by atoms with Crippen LogP contribution in [0.4, 0.5) is 0 Å². The van der Waals surface area contributed by atoms with Gasteiger partial charge in [-0.15, -0.1) is 0 Å². The predicted octanol–water partition coefficient (Wildman–Crippen LogP) is 2.20. The number of carboxylic acid groups (broad SMARTS) is 1. The maximum absolute atomic E-state index is 10.5. The molecule has 1 aromatic rings. The monoisotopic (exact) mass is 260 g/mol. The van der Waals surface area contributed by atoms with E-state index in [1.165, 1.54) is 11.8 Å². The Bertz CT molecular complexity index is 363. The molecule has 90 valence electrons. The maximum atomic E-state index is 10.5. The number of carbonyl (C=O) groups is 1. The van der Waals surface area contributed by atoms with Gasteiger partial charge in [-0.25, -0.2) is 4.98 Å². The number of aromatic nitrogens is 2. The van der Waals surface area contributed by atoms with E-state index in [1.807, 2.05) is 10.8 Å². The molecular formula is C10H16N2O2S2. The van der Waals surface area contributed by atoms with Gasteiger partial charge in [0.05, 0.1) is 5.75 Å². The second kappa shape index (κ2) is 5.63. The summed E-state index contributed by atoms with van der Waals surface area (Å²) in [5.74, 6) is -0.764. The van der Waals surface area contributed by atoms with E-state index in [0.29, 0.717) is 0 Å². The van der Waals surface area contributed by atoms with Gasteiger partial charge in [-0.2, -0.15) is 11.8 Å². The number of thioether (sulfide) groups is 2. The van der Waals surface area contributed by atoms with Crippen molar-refractivity contribution in [3.63, 3.8) is 0 Å². The van der Waals surface area contributed by atoms with E-state index in [2.05, 4.69) is 25.1 Å². The van der Waals surface area contributed by atoms with Crippen molar-refractivity contribution in [2.24, 2.45) is 0 Å². The van der Waals surface area contributed by atoms with E-state index < -0.39 is 5.97 Å². The maximum Gasteiger partial charge on any atom is 0.313 e. The Balaban J connectivity index is 2.67. The zero-order chi connectivity index (χ0) is 12.2. The molecule has 0 radical (unpaired) electrons. The quantitative estimate of drug-likeness (QED) is 0.795. The average Bonchev–Trinajstić information content (AvgIpc) is 2.61. The van der Waals surface area contributed by atoms with Gasteiger partial charge < -0.3 is 9.67 Å². The molecule has 0 atom stereocenters. The molecule has 0 aliphatic rings. The van der Waals surface area contributed by atoms with Gasteiger partial charge in [0, 0.05) is 23.7 Å². The molecule has 0 aliphatic carbocycles. The topological polar surface area (TPSA) is 55.1 Å². The molecule has 0 aliphatic heterocycles. The molecule has 0 unspecified atom stereocenters. The van der Waals surface area contributed by atoms with Crippen LogP contribution in [-0.2, 0) is 11.3 Å². The van der Waals surface area contributed by atoms with Crippen LogP contribution in [0.1, 0.15) is 13.8 Å². The zero-order valence-electron chi connectivity index (χ0n) is 9.64. The minimum absolute atomic E-state index is 0.0523. The molecule has 4 nitrogen and oxygen atoms in total. The molecule has 1 aromatic heterocycles. The number of hydrogen-bond donors (Lipinski definition) is 1. The van der Waals surface area contributed by atoms with Crippen LogP contribution in [0, 0.1) is 0 Å². The van der Waals surface area contributed by atoms with E-state index >= 15 is 0 Å². The SMILES string of the molecule is CSC(C)(C)Cn1ccnc1SCC(=O)O. The summed E-state index contributed by atoms with van der Waals surface area (Å²) in [7, 11) is 0. The number of rotatable bonds is 6. The molecule has 0 amide bonds. The van der Waals surface area contributed by atoms with E-state index in [9.17, 15) is 4.79 Å². The van der Waals surface area contributed by atoms with Crippen molar-refractivity contribution >= 4 is 29.5 Å². The molecule has 1 N–H and O–H groups in total. The largest absolute Gasteiger partial charge is 0.481 e. The van der Waals surface area contributed by atoms with Gasteiger partial charge in [0.2, 0.25) is 0 Å². The van der Waals surface area contributed by atoms with Crippen molar-refractivity contribution in [2.45, 2.75) is 30.3 Å². The van der Waals surface area contributed by atoms with Gasteiger partial charge in [-0.3, -0.25) is 4.79 Å². The van der Waals surface area contributed by atoms with Crippen LogP contribution in [0.5, 0.6) is 0 Å². The number of aliphatic carboxylic acids is 1. The first-order chi connectivity index (χ1) is 7.44. The Hall–Kier alpha value is -0.620. The second-order valence-corrected chi connectivity index (χ2v) is 6.44. The molecule has 1 rings (SSSR count). The van der Waals surface area contributed by atoms with E-state index in [0.717, 1.165) is 11.7 Å². The lowest BCUT2D eigenvalue weighted by Crippen LogP contribution is -2.22. The first-order valence-electron chi connectivity index (χ1n) is 4.85. The lowest BCUT2D eigenvalue weighted by molar-refractivity contribution is -0.133. The summed E-state index contributed by atoms with van der Waals surface area (Å²) in [6, 6.07) is 0. The third-order valence-corrected chi connectivity index (χ3v) is 4.33. The molecule has 0 saturated carbocycles. The van der Waals surface area contributed by atoms with Gasteiger partial charge in [0.15, 0.2) is 5.16 Å². The summed E-state index contributed by atoms with van der Waals surface area (Å²) in [5.41, 5.74) is 0. The molecule has 0 saturated heterocycles. The molecule has 0 spiro atoms. The van der Waals surface area contributed by atoms with Crippen LogP contribution in [0.2, 0.25) is 0 Å². The standard InChI is InChI=1S/C10H16N2O2S2/c1-10(2,15-3)7-12-5-4-11-9(12)16-6-8(13)14/h4-5H,6-7H2,1-3H3,(H,13,14). The van der Waals surface area contributed by atoms with Gasteiger partial charge in [0.25, 0.3) is 0 Å². The lowest BCUT2D eigenvalue weighted by atomic mass is 10.2. The highest BCUT2D eigenvalue weighted by molar-refractivity contribution is 8.00. The Labute approximate surface area is 104 Å². The van der Waals surface area contributed by atoms with E-state index in [4.69, 9.17) is 5.11 Å². The average molecular weight is 260 g/mol. The highest BCUT2D eigenvalue weighted by atomic mass is 32.2. The molecule has 16 heavy (non-hydrogen) atoms. The number of hydrogen-bond acceptors (Lipinski definition) is 4.